The maximum atomic E-state index is 12.1. The van der Waals surface area contributed by atoms with E-state index in [1.165, 1.54) is 11.1 Å². The molecule has 1 aromatic rings. The van der Waals surface area contributed by atoms with Gasteiger partial charge in [0.25, 0.3) is 0 Å². The van der Waals surface area contributed by atoms with Crippen molar-refractivity contribution in [3.05, 3.63) is 35.4 Å². The first kappa shape index (κ1) is 10.7. The van der Waals surface area contributed by atoms with Crippen molar-refractivity contribution < 1.29 is 4.79 Å². The lowest BCUT2D eigenvalue weighted by Crippen LogP contribution is -2.36. The molecular formula is C13H14N2O. The maximum absolute atomic E-state index is 12.1. The summed E-state index contributed by atoms with van der Waals surface area (Å²) in [7, 11) is 0. The highest BCUT2D eigenvalue weighted by Crippen LogP contribution is 2.27. The molecule has 16 heavy (non-hydrogen) atoms. The number of benzene rings is 1. The highest BCUT2D eigenvalue weighted by Gasteiger charge is 2.34. The summed E-state index contributed by atoms with van der Waals surface area (Å²) in [6, 6.07) is 10.1. The number of nitriles is 1. The Morgan fingerprint density at radius 3 is 2.25 bits per heavy atom. The molecule has 2 rings (SSSR count). The summed E-state index contributed by atoms with van der Waals surface area (Å²) in [4.78, 5) is 13.8. The average molecular weight is 214 g/mol. The fourth-order valence-corrected chi connectivity index (χ4v) is 1.92. The van der Waals surface area contributed by atoms with Crippen LogP contribution in [0.1, 0.15) is 25.0 Å². The zero-order chi connectivity index (χ0) is 11.8. The number of hydrogen-bond acceptors (Lipinski definition) is 2. The largest absolute Gasteiger partial charge is 0.333 e. The number of amides is 1. The highest BCUT2D eigenvalue weighted by molar-refractivity contribution is 5.85. The van der Waals surface area contributed by atoms with E-state index in [1.807, 2.05) is 24.3 Å². The molecule has 1 aliphatic rings. The van der Waals surface area contributed by atoms with Crippen LogP contribution in [0.5, 0.6) is 0 Å². The molecule has 0 fully saturated rings. The predicted octanol–water partition coefficient (Wildman–Crippen LogP) is 2.08. The molecule has 0 radical (unpaired) electrons. The monoisotopic (exact) mass is 214 g/mol. The van der Waals surface area contributed by atoms with E-state index in [4.69, 9.17) is 5.26 Å². The van der Waals surface area contributed by atoms with Crippen LogP contribution < -0.4 is 0 Å². The lowest BCUT2D eigenvalue weighted by atomic mass is 9.94. The first-order chi connectivity index (χ1) is 7.54. The summed E-state index contributed by atoms with van der Waals surface area (Å²) in [6.45, 7) is 4.58. The molecule has 1 aliphatic heterocycles. The lowest BCUT2D eigenvalue weighted by Gasteiger charge is -2.23. The second-order valence-corrected chi connectivity index (χ2v) is 4.67. The third-order valence-corrected chi connectivity index (χ3v) is 2.94. The molecule has 1 heterocycles. The number of carbonyl (C=O) groups is 1. The van der Waals surface area contributed by atoms with E-state index in [1.54, 1.807) is 18.7 Å². The molecule has 3 heteroatoms. The Morgan fingerprint density at radius 1 is 1.31 bits per heavy atom. The van der Waals surface area contributed by atoms with Crippen LogP contribution in [0.4, 0.5) is 0 Å². The second kappa shape index (κ2) is 3.64. The number of hydrogen-bond donors (Lipinski definition) is 0. The van der Waals surface area contributed by atoms with Gasteiger partial charge in [-0.25, -0.2) is 0 Å². The minimum absolute atomic E-state index is 0.0915. The van der Waals surface area contributed by atoms with E-state index in [-0.39, 0.29) is 5.91 Å². The first-order valence-corrected chi connectivity index (χ1v) is 5.32. The fourth-order valence-electron chi connectivity index (χ4n) is 1.92. The zero-order valence-electron chi connectivity index (χ0n) is 9.53. The Bertz CT molecular complexity index is 446. The van der Waals surface area contributed by atoms with Gasteiger partial charge in [0, 0.05) is 13.1 Å². The molecule has 0 unspecified atom stereocenters. The molecule has 1 aromatic carbocycles. The van der Waals surface area contributed by atoms with Crippen molar-refractivity contribution in [3.63, 3.8) is 0 Å². The second-order valence-electron chi connectivity index (χ2n) is 4.67. The van der Waals surface area contributed by atoms with Gasteiger partial charge < -0.3 is 4.90 Å². The van der Waals surface area contributed by atoms with Crippen molar-refractivity contribution in [2.75, 3.05) is 0 Å². The molecule has 0 saturated carbocycles. The van der Waals surface area contributed by atoms with Crippen LogP contribution in [-0.4, -0.2) is 10.8 Å². The van der Waals surface area contributed by atoms with Gasteiger partial charge in [-0.2, -0.15) is 5.26 Å². The van der Waals surface area contributed by atoms with Gasteiger partial charge in [0.1, 0.15) is 5.41 Å². The molecule has 0 bridgehead atoms. The molecule has 0 atom stereocenters. The van der Waals surface area contributed by atoms with E-state index < -0.39 is 5.41 Å². The summed E-state index contributed by atoms with van der Waals surface area (Å²) in [6.07, 6.45) is 0. The highest BCUT2D eigenvalue weighted by atomic mass is 16.2. The zero-order valence-corrected chi connectivity index (χ0v) is 9.53. The van der Waals surface area contributed by atoms with Crippen LogP contribution in [0.25, 0.3) is 0 Å². The molecule has 1 amide bonds. The van der Waals surface area contributed by atoms with Crippen molar-refractivity contribution in [2.24, 2.45) is 5.41 Å². The summed E-state index contributed by atoms with van der Waals surface area (Å²) in [5, 5.41) is 8.94. The van der Waals surface area contributed by atoms with Gasteiger partial charge in [0.15, 0.2) is 0 Å². The van der Waals surface area contributed by atoms with Crippen LogP contribution >= 0.6 is 0 Å². The van der Waals surface area contributed by atoms with Gasteiger partial charge in [0.2, 0.25) is 5.91 Å². The fraction of sp³-hybridized carbons (Fsp3) is 0.385. The van der Waals surface area contributed by atoms with Gasteiger partial charge in [-0.1, -0.05) is 24.3 Å². The third kappa shape index (κ3) is 1.67. The number of fused-ring (bicyclic) bond motifs is 1. The first-order valence-electron chi connectivity index (χ1n) is 5.32. The van der Waals surface area contributed by atoms with E-state index in [9.17, 15) is 4.79 Å². The van der Waals surface area contributed by atoms with Gasteiger partial charge in [0.05, 0.1) is 6.07 Å². The van der Waals surface area contributed by atoms with Crippen molar-refractivity contribution in [2.45, 2.75) is 26.9 Å². The van der Waals surface area contributed by atoms with E-state index in [0.29, 0.717) is 13.1 Å². The van der Waals surface area contributed by atoms with Crippen LogP contribution in [0, 0.1) is 16.7 Å². The molecular weight excluding hydrogens is 200 g/mol. The van der Waals surface area contributed by atoms with Gasteiger partial charge in [-0.15, -0.1) is 0 Å². The van der Waals surface area contributed by atoms with Crippen LogP contribution in [0.15, 0.2) is 24.3 Å². The Balaban J connectivity index is 2.19. The van der Waals surface area contributed by atoms with Crippen LogP contribution in [0.2, 0.25) is 0 Å². The number of nitrogens with zero attached hydrogens (tertiary/aromatic N) is 2. The molecule has 0 aromatic heterocycles. The number of rotatable bonds is 1. The molecule has 82 valence electrons. The Labute approximate surface area is 95.3 Å². The standard InChI is InChI=1S/C13H14N2O/c1-13(2,9-14)12(16)15-7-10-5-3-4-6-11(10)8-15/h3-6H,7-8H2,1-2H3. The van der Waals surface area contributed by atoms with Gasteiger partial charge in [-0.3, -0.25) is 4.79 Å². The quantitative estimate of drug-likeness (QED) is 0.718. The summed E-state index contributed by atoms with van der Waals surface area (Å²) in [5.74, 6) is -0.0915. The predicted molar refractivity (Wildman–Crippen MR) is 60.1 cm³/mol. The molecule has 0 spiro atoms. The van der Waals surface area contributed by atoms with E-state index in [0.717, 1.165) is 0 Å². The van der Waals surface area contributed by atoms with Gasteiger partial charge >= 0.3 is 0 Å². The van der Waals surface area contributed by atoms with Gasteiger partial charge in [-0.05, 0) is 25.0 Å². The van der Waals surface area contributed by atoms with E-state index >= 15 is 0 Å². The lowest BCUT2D eigenvalue weighted by molar-refractivity contribution is -0.138. The third-order valence-electron chi connectivity index (χ3n) is 2.94. The smallest absolute Gasteiger partial charge is 0.243 e. The van der Waals surface area contributed by atoms with Crippen molar-refractivity contribution in [1.29, 1.82) is 5.26 Å². The normalized spacial score (nSPS) is 14.4. The Morgan fingerprint density at radius 2 is 1.81 bits per heavy atom. The Hall–Kier alpha value is -1.82. The van der Waals surface area contributed by atoms with Crippen LogP contribution in [0.3, 0.4) is 0 Å². The number of carbonyl (C=O) groups excluding carboxylic acids is 1. The summed E-state index contributed by atoms with van der Waals surface area (Å²) < 4.78 is 0. The summed E-state index contributed by atoms with van der Waals surface area (Å²) in [5.41, 5.74) is 1.44. The average Bonchev–Trinajstić information content (AvgIpc) is 2.71. The van der Waals surface area contributed by atoms with Crippen molar-refractivity contribution >= 4 is 5.91 Å². The minimum Gasteiger partial charge on any atom is -0.333 e. The van der Waals surface area contributed by atoms with Crippen molar-refractivity contribution in [3.8, 4) is 6.07 Å². The molecule has 0 saturated heterocycles. The topological polar surface area (TPSA) is 44.1 Å². The van der Waals surface area contributed by atoms with Crippen LogP contribution in [-0.2, 0) is 17.9 Å². The molecule has 0 N–H and O–H groups in total. The SMILES string of the molecule is CC(C)(C#N)C(=O)N1Cc2ccccc2C1. The van der Waals surface area contributed by atoms with E-state index in [2.05, 4.69) is 6.07 Å². The summed E-state index contributed by atoms with van der Waals surface area (Å²) >= 11 is 0. The molecule has 3 nitrogen and oxygen atoms in total. The Kier molecular flexibility index (Phi) is 2.43. The minimum atomic E-state index is -0.929. The molecule has 0 aliphatic carbocycles. The maximum Gasteiger partial charge on any atom is 0.243 e. The van der Waals surface area contributed by atoms with Crippen molar-refractivity contribution in [1.82, 2.24) is 4.90 Å².